The Kier molecular flexibility index (Phi) is 8.53. The number of alkyl halides is 3. The predicted molar refractivity (Wildman–Crippen MR) is 103 cm³/mol. The van der Waals surface area contributed by atoms with Crippen LogP contribution < -0.4 is 4.74 Å². The van der Waals surface area contributed by atoms with Gasteiger partial charge in [0, 0.05) is 17.9 Å². The highest BCUT2D eigenvalue weighted by molar-refractivity contribution is 5.30. The van der Waals surface area contributed by atoms with Crippen LogP contribution in [-0.2, 0) is 6.18 Å². The second-order valence-electron chi connectivity index (χ2n) is 7.09. The lowest BCUT2D eigenvalue weighted by atomic mass is 9.96. The molecule has 0 bridgehead atoms. The molecule has 1 aromatic rings. The van der Waals surface area contributed by atoms with Gasteiger partial charge in [0.15, 0.2) is 0 Å². The average molecular weight is 412 g/mol. The SMILES string of the molecule is CCC/C=C\C[C@@H]1C(=C=C[C@@H](O)COc2cccc(C(F)(F)F)c2)[C@H](O)C[C@@H]1O. The van der Waals surface area contributed by atoms with E-state index in [9.17, 15) is 28.5 Å². The summed E-state index contributed by atoms with van der Waals surface area (Å²) >= 11 is 0. The second kappa shape index (κ2) is 10.6. The number of aliphatic hydroxyl groups excluding tert-OH is 3. The van der Waals surface area contributed by atoms with Gasteiger partial charge in [-0.1, -0.05) is 31.6 Å². The Morgan fingerprint density at radius 3 is 2.72 bits per heavy atom. The molecule has 1 saturated carbocycles. The van der Waals surface area contributed by atoms with Crippen LogP contribution in [0.5, 0.6) is 5.75 Å². The van der Waals surface area contributed by atoms with Gasteiger partial charge in [0.25, 0.3) is 0 Å². The van der Waals surface area contributed by atoms with E-state index < -0.39 is 30.1 Å². The predicted octanol–water partition coefficient (Wildman–Crippen LogP) is 4.01. The Morgan fingerprint density at radius 1 is 1.28 bits per heavy atom. The van der Waals surface area contributed by atoms with Crippen LogP contribution in [0.2, 0.25) is 0 Å². The highest BCUT2D eigenvalue weighted by Crippen LogP contribution is 2.34. The van der Waals surface area contributed by atoms with E-state index in [4.69, 9.17) is 4.74 Å². The summed E-state index contributed by atoms with van der Waals surface area (Å²) < 4.78 is 43.4. The van der Waals surface area contributed by atoms with Gasteiger partial charge in [-0.05, 0) is 37.1 Å². The minimum absolute atomic E-state index is 0.00445. The summed E-state index contributed by atoms with van der Waals surface area (Å²) in [6, 6.07) is 4.41. The summed E-state index contributed by atoms with van der Waals surface area (Å²) in [5, 5.41) is 30.3. The topological polar surface area (TPSA) is 69.9 Å². The van der Waals surface area contributed by atoms with Gasteiger partial charge in [0.2, 0.25) is 0 Å². The lowest BCUT2D eigenvalue weighted by Crippen LogP contribution is -2.16. The van der Waals surface area contributed by atoms with Crippen molar-refractivity contribution in [1.82, 2.24) is 0 Å². The molecule has 3 N–H and O–H groups in total. The molecule has 7 heteroatoms. The van der Waals surface area contributed by atoms with Crippen molar-refractivity contribution >= 4 is 0 Å². The maximum Gasteiger partial charge on any atom is 0.416 e. The molecule has 0 aromatic heterocycles. The molecule has 0 amide bonds. The molecule has 1 fully saturated rings. The Labute approximate surface area is 168 Å². The van der Waals surface area contributed by atoms with E-state index in [0.29, 0.717) is 12.0 Å². The Morgan fingerprint density at radius 2 is 2.03 bits per heavy atom. The first-order valence-corrected chi connectivity index (χ1v) is 9.68. The van der Waals surface area contributed by atoms with Gasteiger partial charge >= 0.3 is 6.18 Å². The van der Waals surface area contributed by atoms with E-state index in [0.717, 1.165) is 25.0 Å². The maximum atomic E-state index is 12.7. The summed E-state index contributed by atoms with van der Waals surface area (Å²) in [5.41, 5.74) is 2.54. The summed E-state index contributed by atoms with van der Waals surface area (Å²) in [5.74, 6) is -0.291. The number of aliphatic hydroxyl groups is 3. The number of rotatable bonds is 8. The summed E-state index contributed by atoms with van der Waals surface area (Å²) in [7, 11) is 0. The standard InChI is InChI=1S/C22H27F3O4/c1-2-3-4-5-9-18-19(21(28)13-20(18)27)11-10-16(26)14-29-17-8-6-7-15(12-17)22(23,24)25/h4-8,10,12,16,18,20-21,26-28H,2-3,9,13-14H2,1H3/b5-4-/t11?,16-,18-,20+,21-/m1/s1. The fourth-order valence-electron chi connectivity index (χ4n) is 3.17. The molecular weight excluding hydrogens is 385 g/mol. The molecule has 0 spiro atoms. The number of hydrogen-bond donors (Lipinski definition) is 3. The first kappa shape index (κ1) is 23.2. The lowest BCUT2D eigenvalue weighted by Gasteiger charge is -2.13. The zero-order valence-electron chi connectivity index (χ0n) is 16.3. The quantitative estimate of drug-likeness (QED) is 0.446. The average Bonchev–Trinajstić information content (AvgIpc) is 2.94. The molecule has 2 rings (SSSR count). The van der Waals surface area contributed by atoms with Crippen LogP contribution in [0, 0.1) is 5.92 Å². The van der Waals surface area contributed by atoms with Crippen molar-refractivity contribution in [1.29, 1.82) is 0 Å². The third-order valence-electron chi connectivity index (χ3n) is 4.72. The van der Waals surface area contributed by atoms with Crippen LogP contribution >= 0.6 is 0 Å². The van der Waals surface area contributed by atoms with E-state index in [1.54, 1.807) is 0 Å². The van der Waals surface area contributed by atoms with Crippen molar-refractivity contribution in [3.05, 3.63) is 59.4 Å². The minimum Gasteiger partial charge on any atom is -0.491 e. The van der Waals surface area contributed by atoms with Crippen LogP contribution in [0.3, 0.4) is 0 Å². The van der Waals surface area contributed by atoms with Gasteiger partial charge < -0.3 is 20.1 Å². The molecule has 0 radical (unpaired) electrons. The van der Waals surface area contributed by atoms with Gasteiger partial charge in [-0.2, -0.15) is 13.2 Å². The van der Waals surface area contributed by atoms with E-state index in [2.05, 4.69) is 12.7 Å². The Hall–Kier alpha value is -2.05. The molecule has 1 aliphatic rings. The normalized spacial score (nSPS) is 23.3. The smallest absolute Gasteiger partial charge is 0.416 e. The number of allylic oxidation sites excluding steroid dienone is 2. The third-order valence-corrected chi connectivity index (χ3v) is 4.72. The van der Waals surface area contributed by atoms with Gasteiger partial charge in [-0.15, -0.1) is 5.73 Å². The largest absolute Gasteiger partial charge is 0.491 e. The number of halogens is 3. The number of hydrogen-bond acceptors (Lipinski definition) is 4. The second-order valence-corrected chi connectivity index (χ2v) is 7.09. The maximum absolute atomic E-state index is 12.7. The van der Waals surface area contributed by atoms with Crippen molar-refractivity contribution in [3.63, 3.8) is 0 Å². The zero-order valence-corrected chi connectivity index (χ0v) is 16.3. The fraction of sp³-hybridized carbons (Fsp3) is 0.500. The molecule has 160 valence electrons. The van der Waals surface area contributed by atoms with Crippen LogP contribution in [0.15, 0.2) is 53.8 Å². The number of benzene rings is 1. The zero-order chi connectivity index (χ0) is 21.4. The van der Waals surface area contributed by atoms with Gasteiger partial charge in [0.05, 0.1) is 17.8 Å². The van der Waals surface area contributed by atoms with Crippen molar-refractivity contribution in [3.8, 4) is 5.75 Å². The van der Waals surface area contributed by atoms with Crippen LogP contribution in [0.1, 0.15) is 38.2 Å². The van der Waals surface area contributed by atoms with Gasteiger partial charge in [0.1, 0.15) is 18.5 Å². The van der Waals surface area contributed by atoms with Gasteiger partial charge in [-0.3, -0.25) is 0 Å². The lowest BCUT2D eigenvalue weighted by molar-refractivity contribution is -0.137. The van der Waals surface area contributed by atoms with E-state index in [1.807, 2.05) is 12.2 Å². The van der Waals surface area contributed by atoms with Crippen molar-refractivity contribution in [2.45, 2.75) is 57.1 Å². The minimum atomic E-state index is -4.47. The van der Waals surface area contributed by atoms with Crippen LogP contribution in [0.4, 0.5) is 13.2 Å². The number of ether oxygens (including phenoxy) is 1. The highest BCUT2D eigenvalue weighted by atomic mass is 19.4. The summed E-state index contributed by atoms with van der Waals surface area (Å²) in [6.45, 7) is 1.80. The van der Waals surface area contributed by atoms with E-state index >= 15 is 0 Å². The third kappa shape index (κ3) is 7.05. The van der Waals surface area contributed by atoms with Gasteiger partial charge in [-0.25, -0.2) is 0 Å². The van der Waals surface area contributed by atoms with Crippen molar-refractivity contribution in [2.75, 3.05) is 6.61 Å². The molecule has 0 aliphatic heterocycles. The molecule has 0 heterocycles. The first-order valence-electron chi connectivity index (χ1n) is 9.68. The molecule has 29 heavy (non-hydrogen) atoms. The van der Waals surface area contributed by atoms with Crippen LogP contribution in [-0.4, -0.2) is 40.2 Å². The fourth-order valence-corrected chi connectivity index (χ4v) is 3.17. The molecule has 4 atom stereocenters. The Bertz CT molecular complexity index is 751. The molecule has 0 unspecified atom stereocenters. The first-order chi connectivity index (χ1) is 13.7. The van der Waals surface area contributed by atoms with Crippen molar-refractivity contribution < 1.29 is 33.2 Å². The molecule has 1 aliphatic carbocycles. The summed E-state index contributed by atoms with van der Waals surface area (Å²) in [6.07, 6.45) is 0.880. The monoisotopic (exact) mass is 412 g/mol. The molecule has 4 nitrogen and oxygen atoms in total. The highest BCUT2D eigenvalue weighted by Gasteiger charge is 2.36. The molecular formula is C22H27F3O4. The van der Waals surface area contributed by atoms with Crippen LogP contribution in [0.25, 0.3) is 0 Å². The molecule has 1 aromatic carbocycles. The van der Waals surface area contributed by atoms with E-state index in [1.165, 1.54) is 18.2 Å². The Balaban J connectivity index is 2.01. The van der Waals surface area contributed by atoms with E-state index in [-0.39, 0.29) is 24.7 Å². The molecule has 0 saturated heterocycles. The van der Waals surface area contributed by atoms with Crippen molar-refractivity contribution in [2.24, 2.45) is 5.92 Å². The number of unbranched alkanes of at least 4 members (excludes halogenated alkanes) is 1. The summed E-state index contributed by atoms with van der Waals surface area (Å²) in [4.78, 5) is 0.